The number of aryl methyl sites for hydroxylation is 2. The van der Waals surface area contributed by atoms with Gasteiger partial charge in [-0.1, -0.05) is 12.1 Å². The van der Waals surface area contributed by atoms with Crippen molar-refractivity contribution in [2.75, 3.05) is 19.6 Å². The Kier molecular flexibility index (Phi) is 5.43. The minimum Gasteiger partial charge on any atom is -0.302 e. The van der Waals surface area contributed by atoms with Crippen LogP contribution in [0.1, 0.15) is 29.7 Å². The summed E-state index contributed by atoms with van der Waals surface area (Å²) < 4.78 is 39.9. The van der Waals surface area contributed by atoms with Crippen molar-refractivity contribution < 1.29 is 13.2 Å². The SMILES string of the molecule is Cc1cc(-c2nn(CCCN3C[C@@H]4C[C@@]4(c4ccc(C(F)(F)F)cc4)C3)c(=O)[nH]c2=O)ccn1. The second-order valence-corrected chi connectivity index (χ2v) is 9.24. The van der Waals surface area contributed by atoms with E-state index in [0.717, 1.165) is 49.4 Å². The monoisotopic (exact) mass is 471 g/mol. The zero-order valence-electron chi connectivity index (χ0n) is 18.6. The minimum atomic E-state index is -4.33. The van der Waals surface area contributed by atoms with Gasteiger partial charge in [-0.15, -0.1) is 0 Å². The molecule has 5 rings (SSSR count). The molecule has 10 heteroatoms. The van der Waals surface area contributed by atoms with Crippen LogP contribution in [0.25, 0.3) is 11.3 Å². The first-order valence-corrected chi connectivity index (χ1v) is 11.2. The lowest BCUT2D eigenvalue weighted by Gasteiger charge is -2.21. The first kappa shape index (κ1) is 22.5. The summed E-state index contributed by atoms with van der Waals surface area (Å²) in [5, 5.41) is 4.28. The molecule has 1 N–H and O–H groups in total. The van der Waals surface area contributed by atoms with Crippen molar-refractivity contribution in [3.63, 3.8) is 0 Å². The number of rotatable bonds is 6. The molecule has 3 heterocycles. The highest BCUT2D eigenvalue weighted by Gasteiger charge is 2.60. The van der Waals surface area contributed by atoms with Gasteiger partial charge in [-0.25, -0.2) is 9.48 Å². The van der Waals surface area contributed by atoms with Gasteiger partial charge in [0.15, 0.2) is 5.69 Å². The van der Waals surface area contributed by atoms with Gasteiger partial charge in [0.25, 0.3) is 5.56 Å². The number of H-pyrrole nitrogens is 1. The Hall–Kier alpha value is -3.27. The highest BCUT2D eigenvalue weighted by molar-refractivity contribution is 5.57. The van der Waals surface area contributed by atoms with Crippen molar-refractivity contribution in [2.24, 2.45) is 5.92 Å². The average Bonchev–Trinajstić information content (AvgIpc) is 3.36. The van der Waals surface area contributed by atoms with E-state index in [0.29, 0.717) is 24.4 Å². The van der Waals surface area contributed by atoms with Gasteiger partial charge in [0, 0.05) is 42.5 Å². The number of halogens is 3. The van der Waals surface area contributed by atoms with Crippen LogP contribution in [0, 0.1) is 12.8 Å². The first-order valence-electron chi connectivity index (χ1n) is 11.2. The maximum Gasteiger partial charge on any atom is 0.416 e. The number of hydrogen-bond acceptors (Lipinski definition) is 5. The van der Waals surface area contributed by atoms with Crippen molar-refractivity contribution in [1.29, 1.82) is 0 Å². The fraction of sp³-hybridized carbons (Fsp3) is 0.417. The topological polar surface area (TPSA) is 83.9 Å². The number of nitrogens with zero attached hydrogens (tertiary/aromatic N) is 4. The van der Waals surface area contributed by atoms with Crippen LogP contribution in [-0.2, 0) is 18.1 Å². The lowest BCUT2D eigenvalue weighted by Crippen LogP contribution is -2.35. The predicted molar refractivity (Wildman–Crippen MR) is 119 cm³/mol. The van der Waals surface area contributed by atoms with Gasteiger partial charge in [-0.2, -0.15) is 18.3 Å². The molecule has 178 valence electrons. The summed E-state index contributed by atoms with van der Waals surface area (Å²) >= 11 is 0. The maximum atomic E-state index is 12.9. The summed E-state index contributed by atoms with van der Waals surface area (Å²) in [4.78, 5) is 33.2. The van der Waals surface area contributed by atoms with Gasteiger partial charge >= 0.3 is 11.9 Å². The fourth-order valence-corrected chi connectivity index (χ4v) is 5.10. The molecular formula is C24H24F3N5O2. The van der Waals surface area contributed by atoms with Gasteiger partial charge in [0.1, 0.15) is 0 Å². The molecule has 3 aromatic rings. The van der Waals surface area contributed by atoms with E-state index in [4.69, 9.17) is 0 Å². The second kappa shape index (κ2) is 8.19. The third-order valence-electron chi connectivity index (χ3n) is 6.91. The Bertz CT molecular complexity index is 1330. The van der Waals surface area contributed by atoms with E-state index < -0.39 is 23.0 Å². The molecule has 2 aliphatic rings. The molecule has 0 bridgehead atoms. The molecule has 1 aromatic carbocycles. The summed E-state index contributed by atoms with van der Waals surface area (Å²) in [6.45, 7) is 4.57. The Morgan fingerprint density at radius 2 is 1.91 bits per heavy atom. The summed E-state index contributed by atoms with van der Waals surface area (Å²) in [5.41, 5.74) is 0.697. The smallest absolute Gasteiger partial charge is 0.302 e. The van der Waals surface area contributed by atoms with Crippen LogP contribution in [0.3, 0.4) is 0 Å². The second-order valence-electron chi connectivity index (χ2n) is 9.24. The zero-order valence-corrected chi connectivity index (χ0v) is 18.6. The Morgan fingerprint density at radius 1 is 1.15 bits per heavy atom. The Labute approximate surface area is 193 Å². The molecule has 2 fully saturated rings. The van der Waals surface area contributed by atoms with Gasteiger partial charge in [0.05, 0.1) is 5.56 Å². The van der Waals surface area contributed by atoms with Gasteiger partial charge < -0.3 is 4.90 Å². The van der Waals surface area contributed by atoms with Gasteiger partial charge in [-0.3, -0.25) is 14.8 Å². The summed E-state index contributed by atoms with van der Waals surface area (Å²) in [7, 11) is 0. The molecule has 1 aliphatic heterocycles. The lowest BCUT2D eigenvalue weighted by molar-refractivity contribution is -0.137. The molecule has 1 saturated carbocycles. The molecule has 0 spiro atoms. The quantitative estimate of drug-likeness (QED) is 0.598. The molecule has 2 aromatic heterocycles. The molecule has 0 radical (unpaired) electrons. The number of fused-ring (bicyclic) bond motifs is 1. The molecule has 7 nitrogen and oxygen atoms in total. The van der Waals surface area contributed by atoms with Gasteiger partial charge in [-0.05, 0) is 62.1 Å². The largest absolute Gasteiger partial charge is 0.416 e. The van der Waals surface area contributed by atoms with E-state index in [1.807, 2.05) is 6.92 Å². The average molecular weight is 471 g/mol. The molecule has 1 aliphatic carbocycles. The number of aromatic amines is 1. The first-order chi connectivity index (χ1) is 16.2. The number of hydrogen-bond donors (Lipinski definition) is 1. The number of piperidine rings is 1. The number of pyridine rings is 1. The van der Waals surface area contributed by atoms with E-state index in [9.17, 15) is 22.8 Å². The molecule has 0 amide bonds. The number of likely N-dealkylation sites (tertiary alicyclic amines) is 1. The van der Waals surface area contributed by atoms with Crippen LogP contribution in [-0.4, -0.2) is 44.3 Å². The van der Waals surface area contributed by atoms with E-state index in [1.54, 1.807) is 30.5 Å². The minimum absolute atomic E-state index is 0.0659. The van der Waals surface area contributed by atoms with Crippen LogP contribution in [0.5, 0.6) is 0 Å². The lowest BCUT2D eigenvalue weighted by atomic mass is 9.94. The summed E-state index contributed by atoms with van der Waals surface area (Å²) in [6.07, 6.45) is -1.09. The summed E-state index contributed by atoms with van der Waals surface area (Å²) in [6, 6.07) is 8.97. The van der Waals surface area contributed by atoms with E-state index >= 15 is 0 Å². The van der Waals surface area contributed by atoms with Crippen molar-refractivity contribution in [1.82, 2.24) is 24.6 Å². The number of benzene rings is 1. The molecule has 34 heavy (non-hydrogen) atoms. The standard InChI is InChI=1S/C24H24F3N5O2/c1-15-11-16(7-8-28-15)20-21(33)29-22(34)32(30-20)10-2-9-31-13-19-12-23(19,14-31)17-3-5-18(6-4-17)24(25,26)27/h3-8,11,19H,2,9-10,12-14H2,1H3,(H,29,33,34)/t19-,23-/m0/s1. The highest BCUT2D eigenvalue weighted by atomic mass is 19.4. The highest BCUT2D eigenvalue weighted by Crippen LogP contribution is 2.59. The van der Waals surface area contributed by atoms with Crippen LogP contribution in [0.2, 0.25) is 0 Å². The predicted octanol–water partition coefficient (Wildman–Crippen LogP) is 2.98. The van der Waals surface area contributed by atoms with Crippen molar-refractivity contribution in [3.8, 4) is 11.3 Å². The van der Waals surface area contributed by atoms with Crippen LogP contribution < -0.4 is 11.2 Å². The van der Waals surface area contributed by atoms with Crippen LogP contribution >= 0.6 is 0 Å². The Balaban J connectivity index is 1.23. The zero-order chi connectivity index (χ0) is 24.1. The third kappa shape index (κ3) is 4.18. The normalized spacial score (nSPS) is 22.1. The van der Waals surface area contributed by atoms with Crippen molar-refractivity contribution in [2.45, 2.75) is 37.9 Å². The van der Waals surface area contributed by atoms with E-state index in [1.165, 1.54) is 4.68 Å². The maximum absolute atomic E-state index is 12.9. The molecule has 1 saturated heterocycles. The number of nitrogens with one attached hydrogen (secondary N) is 1. The number of alkyl halides is 3. The van der Waals surface area contributed by atoms with Crippen molar-refractivity contribution >= 4 is 0 Å². The van der Waals surface area contributed by atoms with E-state index in [-0.39, 0.29) is 11.1 Å². The summed E-state index contributed by atoms with van der Waals surface area (Å²) in [5.74, 6) is 0.444. The molecular weight excluding hydrogens is 447 g/mol. The van der Waals surface area contributed by atoms with Crippen LogP contribution in [0.4, 0.5) is 13.2 Å². The molecule has 0 unspecified atom stereocenters. The van der Waals surface area contributed by atoms with E-state index in [2.05, 4.69) is 20.0 Å². The third-order valence-corrected chi connectivity index (χ3v) is 6.91. The fourth-order valence-electron chi connectivity index (χ4n) is 5.10. The van der Waals surface area contributed by atoms with Crippen molar-refractivity contribution in [3.05, 3.63) is 80.3 Å². The van der Waals surface area contributed by atoms with Gasteiger partial charge in [0.2, 0.25) is 0 Å². The number of aromatic nitrogens is 4. The Morgan fingerprint density at radius 3 is 2.62 bits per heavy atom. The molecule has 2 atom stereocenters. The van der Waals surface area contributed by atoms with Crippen LogP contribution in [0.15, 0.2) is 52.2 Å².